The zero-order chi connectivity index (χ0) is 17.7. The molecule has 0 heterocycles. The molecule has 24 heavy (non-hydrogen) atoms. The van der Waals surface area contributed by atoms with E-state index in [0.717, 1.165) is 32.3 Å². The molecule has 4 nitrogen and oxygen atoms in total. The van der Waals surface area contributed by atoms with Gasteiger partial charge in [0.15, 0.2) is 0 Å². The van der Waals surface area contributed by atoms with Crippen LogP contribution in [0.5, 0.6) is 0 Å². The molecule has 0 atom stereocenters. The van der Waals surface area contributed by atoms with Crippen molar-refractivity contribution in [3.8, 4) is 0 Å². The van der Waals surface area contributed by atoms with Crippen LogP contribution in [0.1, 0.15) is 56.7 Å². The van der Waals surface area contributed by atoms with Crippen molar-refractivity contribution in [3.63, 3.8) is 0 Å². The molecule has 4 heteroatoms. The molecule has 0 aliphatic heterocycles. The van der Waals surface area contributed by atoms with Crippen LogP contribution >= 0.6 is 0 Å². The van der Waals surface area contributed by atoms with E-state index >= 15 is 0 Å². The summed E-state index contributed by atoms with van der Waals surface area (Å²) < 4.78 is 10.7. The van der Waals surface area contributed by atoms with Gasteiger partial charge in [0.2, 0.25) is 0 Å². The molecule has 1 aliphatic carbocycles. The number of aryl methyl sites for hydroxylation is 2. The summed E-state index contributed by atoms with van der Waals surface area (Å²) in [6.07, 6.45) is 3.96. The number of methoxy groups -OCH3 is 1. The van der Waals surface area contributed by atoms with Gasteiger partial charge in [0, 0.05) is 26.3 Å². The first-order valence-corrected chi connectivity index (χ1v) is 8.86. The van der Waals surface area contributed by atoms with E-state index in [0.29, 0.717) is 12.6 Å². The molecule has 1 amide bonds. The largest absolute Gasteiger partial charge is 0.444 e. The van der Waals surface area contributed by atoms with Gasteiger partial charge in [-0.1, -0.05) is 23.8 Å². The summed E-state index contributed by atoms with van der Waals surface area (Å²) in [4.78, 5) is 14.4. The van der Waals surface area contributed by atoms with Gasteiger partial charge in [-0.25, -0.2) is 4.79 Å². The smallest absolute Gasteiger partial charge is 0.410 e. The molecular weight excluding hydrogens is 302 g/mol. The normalized spacial score (nSPS) is 14.5. The third-order valence-electron chi connectivity index (χ3n) is 3.98. The minimum atomic E-state index is -0.456. The zero-order valence-corrected chi connectivity index (χ0v) is 15.7. The van der Waals surface area contributed by atoms with Crippen LogP contribution < -0.4 is 0 Å². The minimum absolute atomic E-state index is 0.201. The lowest BCUT2D eigenvalue weighted by atomic mass is 10.0. The summed E-state index contributed by atoms with van der Waals surface area (Å²) in [6.45, 7) is 9.25. The highest BCUT2D eigenvalue weighted by Gasteiger charge is 2.35. The van der Waals surface area contributed by atoms with Crippen LogP contribution in [0.4, 0.5) is 4.79 Å². The van der Waals surface area contributed by atoms with E-state index in [1.54, 1.807) is 7.11 Å². The first kappa shape index (κ1) is 18.8. The van der Waals surface area contributed by atoms with E-state index in [9.17, 15) is 4.79 Å². The fourth-order valence-electron chi connectivity index (χ4n) is 2.85. The number of nitrogens with zero attached hydrogens (tertiary/aromatic N) is 1. The van der Waals surface area contributed by atoms with Crippen molar-refractivity contribution < 1.29 is 14.3 Å². The molecule has 1 aliphatic rings. The van der Waals surface area contributed by atoms with Gasteiger partial charge in [0.1, 0.15) is 5.60 Å². The van der Waals surface area contributed by atoms with Crippen LogP contribution in [-0.4, -0.2) is 36.4 Å². The van der Waals surface area contributed by atoms with Gasteiger partial charge in [-0.3, -0.25) is 0 Å². The zero-order valence-electron chi connectivity index (χ0n) is 15.7. The second-order valence-corrected chi connectivity index (χ2v) is 7.76. The van der Waals surface area contributed by atoms with Crippen molar-refractivity contribution in [2.24, 2.45) is 0 Å². The number of rotatable bonds is 7. The fraction of sp³-hybridized carbons (Fsp3) is 0.650. The molecule has 1 aromatic rings. The number of hydrogen-bond donors (Lipinski definition) is 0. The number of carbonyl (C=O) groups is 1. The van der Waals surface area contributed by atoms with E-state index < -0.39 is 5.60 Å². The van der Waals surface area contributed by atoms with Gasteiger partial charge in [0.25, 0.3) is 0 Å². The molecule has 0 saturated heterocycles. The Bertz CT molecular complexity index is 558. The van der Waals surface area contributed by atoms with Crippen LogP contribution in [0.3, 0.4) is 0 Å². The van der Waals surface area contributed by atoms with Crippen molar-refractivity contribution in [1.29, 1.82) is 0 Å². The Balaban J connectivity index is 2.07. The van der Waals surface area contributed by atoms with Crippen LogP contribution in [0.25, 0.3) is 0 Å². The van der Waals surface area contributed by atoms with Gasteiger partial charge in [0.05, 0.1) is 0 Å². The van der Waals surface area contributed by atoms with E-state index in [1.165, 1.54) is 16.7 Å². The highest BCUT2D eigenvalue weighted by atomic mass is 16.6. The average molecular weight is 333 g/mol. The standard InChI is InChI=1S/C20H31NO3/c1-15-11-16(7-6-10-23-5)13-17(12-15)14-21(18-8-9-18)19(22)24-20(2,3)4/h11-13,18H,6-10,14H2,1-5H3. The Labute approximate surface area is 146 Å². The van der Waals surface area contributed by atoms with Gasteiger partial charge >= 0.3 is 6.09 Å². The van der Waals surface area contributed by atoms with Gasteiger partial charge in [-0.15, -0.1) is 0 Å². The maximum atomic E-state index is 12.5. The molecule has 0 unspecified atom stereocenters. The molecule has 0 radical (unpaired) electrons. The predicted octanol–water partition coefficient (Wildman–Crippen LogP) is 4.47. The third-order valence-corrected chi connectivity index (χ3v) is 3.98. The number of benzene rings is 1. The lowest BCUT2D eigenvalue weighted by Crippen LogP contribution is -2.37. The second kappa shape index (κ2) is 8.02. The third kappa shape index (κ3) is 6.16. The Hall–Kier alpha value is -1.55. The van der Waals surface area contributed by atoms with Crippen LogP contribution in [-0.2, 0) is 22.4 Å². The summed E-state index contributed by atoms with van der Waals surface area (Å²) in [7, 11) is 1.73. The lowest BCUT2D eigenvalue weighted by Gasteiger charge is -2.27. The van der Waals surface area contributed by atoms with E-state index in [2.05, 4.69) is 25.1 Å². The van der Waals surface area contributed by atoms with E-state index in [4.69, 9.17) is 9.47 Å². The second-order valence-electron chi connectivity index (χ2n) is 7.76. The molecular formula is C20H31NO3. The minimum Gasteiger partial charge on any atom is -0.444 e. The van der Waals surface area contributed by atoms with Crippen LogP contribution in [0.2, 0.25) is 0 Å². The summed E-state index contributed by atoms with van der Waals surface area (Å²) in [5, 5.41) is 0. The molecule has 0 aromatic heterocycles. The highest BCUT2D eigenvalue weighted by Crippen LogP contribution is 2.30. The van der Waals surface area contributed by atoms with Gasteiger partial charge in [-0.05, 0) is 64.5 Å². The maximum absolute atomic E-state index is 12.5. The molecule has 2 rings (SSSR count). The average Bonchev–Trinajstić information content (AvgIpc) is 3.27. The van der Waals surface area contributed by atoms with Crippen LogP contribution in [0, 0.1) is 6.92 Å². The van der Waals surface area contributed by atoms with Gasteiger partial charge < -0.3 is 14.4 Å². The number of ether oxygens (including phenoxy) is 2. The first-order valence-electron chi connectivity index (χ1n) is 8.86. The van der Waals surface area contributed by atoms with E-state index in [-0.39, 0.29) is 6.09 Å². The Kier molecular flexibility index (Phi) is 6.27. The summed E-state index contributed by atoms with van der Waals surface area (Å²) in [5.41, 5.74) is 3.27. The monoisotopic (exact) mass is 333 g/mol. The van der Waals surface area contributed by atoms with E-state index in [1.807, 2.05) is 25.7 Å². The highest BCUT2D eigenvalue weighted by molar-refractivity contribution is 5.69. The van der Waals surface area contributed by atoms with Crippen molar-refractivity contribution in [3.05, 3.63) is 34.9 Å². The predicted molar refractivity (Wildman–Crippen MR) is 96.2 cm³/mol. The Morgan fingerprint density at radius 2 is 1.88 bits per heavy atom. The fourth-order valence-corrected chi connectivity index (χ4v) is 2.85. The van der Waals surface area contributed by atoms with Crippen molar-refractivity contribution >= 4 is 6.09 Å². The molecule has 0 N–H and O–H groups in total. The topological polar surface area (TPSA) is 38.8 Å². The van der Waals surface area contributed by atoms with Crippen molar-refractivity contribution in [2.75, 3.05) is 13.7 Å². The van der Waals surface area contributed by atoms with Crippen molar-refractivity contribution in [1.82, 2.24) is 4.90 Å². The van der Waals surface area contributed by atoms with Crippen LogP contribution in [0.15, 0.2) is 18.2 Å². The molecule has 1 saturated carbocycles. The number of amides is 1. The summed E-state index contributed by atoms with van der Waals surface area (Å²) in [5.74, 6) is 0. The molecule has 0 bridgehead atoms. The summed E-state index contributed by atoms with van der Waals surface area (Å²) >= 11 is 0. The first-order chi connectivity index (χ1) is 11.3. The maximum Gasteiger partial charge on any atom is 0.410 e. The SMILES string of the molecule is COCCCc1cc(C)cc(CN(C(=O)OC(C)(C)C)C2CC2)c1. The molecule has 1 fully saturated rings. The van der Waals surface area contributed by atoms with Crippen molar-refractivity contribution in [2.45, 2.75) is 71.6 Å². The Morgan fingerprint density at radius 3 is 2.46 bits per heavy atom. The molecule has 134 valence electrons. The quantitative estimate of drug-likeness (QED) is 0.691. The number of hydrogen-bond acceptors (Lipinski definition) is 3. The molecule has 0 spiro atoms. The Morgan fingerprint density at radius 1 is 1.21 bits per heavy atom. The lowest BCUT2D eigenvalue weighted by molar-refractivity contribution is 0.0216. The van der Waals surface area contributed by atoms with Gasteiger partial charge in [-0.2, -0.15) is 0 Å². The molecule has 1 aromatic carbocycles. The number of carbonyl (C=O) groups excluding carboxylic acids is 1. The summed E-state index contributed by atoms with van der Waals surface area (Å²) in [6, 6.07) is 6.92.